The molecule has 2 amide bonds. The number of hydroxylamine groups is 2. The highest BCUT2D eigenvalue weighted by atomic mass is 16.7. The minimum atomic E-state index is -0.354. The zero-order valence-corrected chi connectivity index (χ0v) is 14.6. The summed E-state index contributed by atoms with van der Waals surface area (Å²) in [6.07, 6.45) is 1.16. The molecule has 0 radical (unpaired) electrons. The van der Waals surface area contributed by atoms with Crippen molar-refractivity contribution >= 4 is 11.7 Å². The van der Waals surface area contributed by atoms with Crippen LogP contribution in [-0.4, -0.2) is 31.4 Å². The molecular formula is C19H22N2O4. The molecule has 0 saturated carbocycles. The van der Waals surface area contributed by atoms with E-state index >= 15 is 0 Å². The monoisotopic (exact) mass is 342 g/mol. The number of nitrogens with zero attached hydrogens (tertiary/aromatic N) is 1. The van der Waals surface area contributed by atoms with Crippen molar-refractivity contribution in [2.24, 2.45) is 0 Å². The summed E-state index contributed by atoms with van der Waals surface area (Å²) >= 11 is 0. The average molecular weight is 342 g/mol. The van der Waals surface area contributed by atoms with Crippen molar-refractivity contribution in [3.63, 3.8) is 0 Å². The van der Waals surface area contributed by atoms with Crippen LogP contribution in [0, 0.1) is 0 Å². The lowest BCUT2D eigenvalue weighted by atomic mass is 10.1. The third-order valence-electron chi connectivity index (χ3n) is 4.01. The molecule has 2 aromatic rings. The lowest BCUT2D eigenvalue weighted by Crippen LogP contribution is -2.30. The number of amides is 2. The second-order valence-electron chi connectivity index (χ2n) is 6.00. The van der Waals surface area contributed by atoms with Gasteiger partial charge in [0.2, 0.25) is 0 Å². The van der Waals surface area contributed by atoms with Crippen molar-refractivity contribution in [2.45, 2.75) is 26.1 Å². The Morgan fingerprint density at radius 2 is 2.16 bits per heavy atom. The number of urea groups is 1. The predicted octanol–water partition coefficient (Wildman–Crippen LogP) is 3.61. The van der Waals surface area contributed by atoms with Crippen LogP contribution in [-0.2, 0) is 17.9 Å². The number of nitrogens with one attached hydrogen (secondary N) is 1. The van der Waals surface area contributed by atoms with Gasteiger partial charge >= 0.3 is 6.03 Å². The van der Waals surface area contributed by atoms with Gasteiger partial charge in [-0.1, -0.05) is 12.1 Å². The number of fused-ring (bicyclic) bond motifs is 1. The first kappa shape index (κ1) is 17.1. The SMILES string of the molecule is CON(C)C(=O)Nc1cccc(OCc2ccc3c(c2)CC(C)O3)c1. The van der Waals surface area contributed by atoms with Crippen LogP contribution in [0.3, 0.4) is 0 Å². The summed E-state index contributed by atoms with van der Waals surface area (Å²) in [6, 6.07) is 13.0. The van der Waals surface area contributed by atoms with Gasteiger partial charge in [0.25, 0.3) is 0 Å². The van der Waals surface area contributed by atoms with E-state index in [0.29, 0.717) is 18.0 Å². The molecule has 6 heteroatoms. The van der Waals surface area contributed by atoms with Crippen LogP contribution in [0.1, 0.15) is 18.1 Å². The highest BCUT2D eigenvalue weighted by molar-refractivity contribution is 5.88. The second-order valence-corrected chi connectivity index (χ2v) is 6.00. The zero-order valence-electron chi connectivity index (χ0n) is 14.6. The summed E-state index contributed by atoms with van der Waals surface area (Å²) in [4.78, 5) is 16.6. The number of ether oxygens (including phenoxy) is 2. The highest BCUT2D eigenvalue weighted by Crippen LogP contribution is 2.29. The smallest absolute Gasteiger partial charge is 0.345 e. The summed E-state index contributed by atoms with van der Waals surface area (Å²) in [7, 11) is 2.97. The van der Waals surface area contributed by atoms with Gasteiger partial charge in [-0.05, 0) is 42.3 Å². The van der Waals surface area contributed by atoms with E-state index in [-0.39, 0.29) is 12.1 Å². The fraction of sp³-hybridized carbons (Fsp3) is 0.316. The normalized spacial score (nSPS) is 15.2. The molecule has 6 nitrogen and oxygen atoms in total. The van der Waals surface area contributed by atoms with Crippen LogP contribution in [0.25, 0.3) is 0 Å². The standard InChI is InChI=1S/C19H22N2O4/c1-13-9-15-10-14(7-8-18(15)25-13)12-24-17-6-4-5-16(11-17)20-19(22)21(2)23-3/h4-8,10-11,13H,9,12H2,1-3H3,(H,20,22). The third kappa shape index (κ3) is 4.22. The van der Waals surface area contributed by atoms with E-state index < -0.39 is 0 Å². The van der Waals surface area contributed by atoms with Crippen molar-refractivity contribution < 1.29 is 19.1 Å². The number of hydrogen-bond acceptors (Lipinski definition) is 4. The molecule has 2 aromatic carbocycles. The lowest BCUT2D eigenvalue weighted by Gasteiger charge is -2.15. The van der Waals surface area contributed by atoms with Gasteiger partial charge in [-0.15, -0.1) is 0 Å². The molecule has 0 fully saturated rings. The summed E-state index contributed by atoms with van der Waals surface area (Å²) in [6.45, 7) is 2.52. The van der Waals surface area contributed by atoms with Gasteiger partial charge in [-0.3, -0.25) is 4.84 Å². The number of rotatable bonds is 5. The van der Waals surface area contributed by atoms with E-state index in [1.807, 2.05) is 24.3 Å². The van der Waals surface area contributed by atoms with Gasteiger partial charge in [-0.2, -0.15) is 0 Å². The number of anilines is 1. The van der Waals surface area contributed by atoms with Crippen LogP contribution in [0.4, 0.5) is 10.5 Å². The molecule has 25 heavy (non-hydrogen) atoms. The van der Waals surface area contributed by atoms with Crippen LogP contribution < -0.4 is 14.8 Å². The molecule has 1 N–H and O–H groups in total. The maximum atomic E-state index is 11.8. The molecule has 1 atom stereocenters. The first-order valence-corrected chi connectivity index (χ1v) is 8.15. The fourth-order valence-corrected chi connectivity index (χ4v) is 2.68. The van der Waals surface area contributed by atoms with Gasteiger partial charge in [0.05, 0.1) is 7.11 Å². The van der Waals surface area contributed by atoms with Crippen LogP contribution in [0.2, 0.25) is 0 Å². The number of benzene rings is 2. The van der Waals surface area contributed by atoms with Gasteiger partial charge in [0.15, 0.2) is 0 Å². The maximum Gasteiger partial charge on any atom is 0.345 e. The largest absolute Gasteiger partial charge is 0.490 e. The molecule has 1 aliphatic heterocycles. The van der Waals surface area contributed by atoms with Gasteiger partial charge in [0.1, 0.15) is 24.2 Å². The molecule has 1 heterocycles. The van der Waals surface area contributed by atoms with E-state index in [0.717, 1.165) is 22.8 Å². The first-order chi connectivity index (χ1) is 12.0. The summed E-state index contributed by atoms with van der Waals surface area (Å²) in [5.41, 5.74) is 2.95. The van der Waals surface area contributed by atoms with Crippen molar-refractivity contribution in [2.75, 3.05) is 19.5 Å². The van der Waals surface area contributed by atoms with Crippen molar-refractivity contribution in [1.82, 2.24) is 5.06 Å². The Morgan fingerprint density at radius 3 is 2.96 bits per heavy atom. The molecule has 0 saturated heterocycles. The van der Waals surface area contributed by atoms with E-state index in [9.17, 15) is 4.79 Å². The minimum absolute atomic E-state index is 0.233. The highest BCUT2D eigenvalue weighted by Gasteiger charge is 2.18. The molecule has 0 aromatic heterocycles. The molecule has 1 unspecified atom stereocenters. The van der Waals surface area contributed by atoms with Crippen LogP contribution in [0.5, 0.6) is 11.5 Å². The third-order valence-corrected chi connectivity index (χ3v) is 4.01. The Balaban J connectivity index is 1.61. The molecule has 1 aliphatic rings. The lowest BCUT2D eigenvalue weighted by molar-refractivity contribution is -0.0598. The van der Waals surface area contributed by atoms with E-state index in [1.54, 1.807) is 12.1 Å². The first-order valence-electron chi connectivity index (χ1n) is 8.15. The Labute approximate surface area is 147 Å². The van der Waals surface area contributed by atoms with E-state index in [2.05, 4.69) is 18.3 Å². The van der Waals surface area contributed by atoms with Gasteiger partial charge < -0.3 is 14.8 Å². The molecule has 132 valence electrons. The number of carbonyl (C=O) groups is 1. The summed E-state index contributed by atoms with van der Waals surface area (Å²) in [5, 5.41) is 3.85. The summed E-state index contributed by atoms with van der Waals surface area (Å²) in [5.74, 6) is 1.64. The maximum absolute atomic E-state index is 11.8. The number of carbonyl (C=O) groups excluding carboxylic acids is 1. The Kier molecular flexibility index (Phi) is 5.09. The van der Waals surface area contributed by atoms with Crippen molar-refractivity contribution in [3.8, 4) is 11.5 Å². The van der Waals surface area contributed by atoms with Gasteiger partial charge in [0, 0.05) is 25.2 Å². The molecule has 3 rings (SSSR count). The Bertz CT molecular complexity index is 763. The Hall–Kier alpha value is -2.73. The average Bonchev–Trinajstić information content (AvgIpc) is 2.98. The molecule has 0 bridgehead atoms. The Morgan fingerprint density at radius 1 is 1.32 bits per heavy atom. The van der Waals surface area contributed by atoms with Crippen molar-refractivity contribution in [3.05, 3.63) is 53.6 Å². The minimum Gasteiger partial charge on any atom is -0.490 e. The molecule has 0 spiro atoms. The second kappa shape index (κ2) is 7.44. The van der Waals surface area contributed by atoms with Gasteiger partial charge in [-0.25, -0.2) is 9.86 Å². The number of hydrogen-bond donors (Lipinski definition) is 1. The molecule has 0 aliphatic carbocycles. The van der Waals surface area contributed by atoms with E-state index in [1.165, 1.54) is 19.7 Å². The fourth-order valence-electron chi connectivity index (χ4n) is 2.68. The van der Waals surface area contributed by atoms with Crippen LogP contribution >= 0.6 is 0 Å². The predicted molar refractivity (Wildman–Crippen MR) is 94.8 cm³/mol. The molecular weight excluding hydrogens is 320 g/mol. The zero-order chi connectivity index (χ0) is 17.8. The summed E-state index contributed by atoms with van der Waals surface area (Å²) < 4.78 is 11.6. The van der Waals surface area contributed by atoms with Crippen molar-refractivity contribution in [1.29, 1.82) is 0 Å². The van der Waals surface area contributed by atoms with E-state index in [4.69, 9.17) is 14.3 Å². The van der Waals surface area contributed by atoms with Crippen LogP contribution in [0.15, 0.2) is 42.5 Å². The topological polar surface area (TPSA) is 60.0 Å². The quantitative estimate of drug-likeness (QED) is 0.843.